The van der Waals surface area contributed by atoms with Gasteiger partial charge in [0.1, 0.15) is 0 Å². The van der Waals surface area contributed by atoms with Crippen LogP contribution in [0.5, 0.6) is 0 Å². The zero-order chi connectivity index (χ0) is 49.1. The molecule has 8 aromatic carbocycles. The van der Waals surface area contributed by atoms with Gasteiger partial charge >= 0.3 is 0 Å². The molecule has 2 heterocycles. The maximum atomic E-state index is 2.58. The average Bonchev–Trinajstić information content (AvgIpc) is 3.32. The minimum absolute atomic E-state index is 0.0199. The zero-order valence-corrected chi connectivity index (χ0v) is 43.5. The van der Waals surface area contributed by atoms with E-state index in [4.69, 9.17) is 0 Å². The summed E-state index contributed by atoms with van der Waals surface area (Å²) < 4.78 is 0. The molecule has 0 aromatic heterocycles. The van der Waals surface area contributed by atoms with Crippen LogP contribution in [0.25, 0.3) is 16.8 Å². The number of hydrogen-bond donors (Lipinski definition) is 0. The number of hydrogen-bond acceptors (Lipinski definition) is 3. The second-order valence-corrected chi connectivity index (χ2v) is 24.3. The van der Waals surface area contributed by atoms with E-state index >= 15 is 0 Å². The molecule has 11 rings (SSSR count). The lowest BCUT2D eigenvalue weighted by atomic mass is 9.33. The highest BCUT2D eigenvalue weighted by Gasteiger charge is 2.45. The second kappa shape index (κ2) is 16.4. The van der Waals surface area contributed by atoms with Gasteiger partial charge in [-0.25, -0.2) is 0 Å². The molecular formula is C66H68BN3. The predicted octanol–water partition coefficient (Wildman–Crippen LogP) is 16.5. The minimum Gasteiger partial charge on any atom is -0.311 e. The smallest absolute Gasteiger partial charge is 0.252 e. The Morgan fingerprint density at radius 1 is 0.414 bits per heavy atom. The lowest BCUT2D eigenvalue weighted by Gasteiger charge is -2.45. The molecule has 0 radical (unpaired) electrons. The van der Waals surface area contributed by atoms with E-state index in [0.29, 0.717) is 0 Å². The Morgan fingerprint density at radius 3 is 1.40 bits per heavy atom. The van der Waals surface area contributed by atoms with Crippen LogP contribution in [0.4, 0.5) is 51.2 Å². The Labute approximate surface area is 418 Å². The summed E-state index contributed by atoms with van der Waals surface area (Å²) in [5.74, 6) is 0. The number of anilines is 9. The van der Waals surface area contributed by atoms with Gasteiger partial charge in [0.2, 0.25) is 0 Å². The summed E-state index contributed by atoms with van der Waals surface area (Å²) in [7, 11) is 0. The molecule has 0 fully saturated rings. The highest BCUT2D eigenvalue weighted by atomic mass is 15.2. The van der Waals surface area contributed by atoms with Crippen molar-refractivity contribution >= 4 is 91.1 Å². The predicted molar refractivity (Wildman–Crippen MR) is 305 cm³/mol. The van der Waals surface area contributed by atoms with E-state index in [9.17, 15) is 0 Å². The maximum Gasteiger partial charge on any atom is 0.252 e. The van der Waals surface area contributed by atoms with Crippen LogP contribution in [-0.2, 0) is 28.1 Å². The molecule has 0 atom stereocenters. The van der Waals surface area contributed by atoms with Crippen molar-refractivity contribution in [1.29, 1.82) is 0 Å². The van der Waals surface area contributed by atoms with Crippen molar-refractivity contribution < 1.29 is 0 Å². The van der Waals surface area contributed by atoms with E-state index in [2.05, 4.69) is 268 Å². The van der Waals surface area contributed by atoms with Crippen molar-refractivity contribution in [3.63, 3.8) is 0 Å². The Kier molecular flexibility index (Phi) is 10.7. The third kappa shape index (κ3) is 7.94. The van der Waals surface area contributed by atoms with Gasteiger partial charge < -0.3 is 14.7 Å². The van der Waals surface area contributed by atoms with Crippen LogP contribution in [0.3, 0.4) is 0 Å². The SMILES string of the molecule is CC(C)(C)c1ccc(N2c3ccc(C(C)(C)C)cc3B3c4cc(C(C)(C)C)ccc4N(c4ccc(C(C)(C)C)cc4)c4cc(N(c5ccc6c(c5)C=CCC6)c5ccc6ccccc6c5)cc2c43)cc1. The molecule has 0 bridgehead atoms. The first kappa shape index (κ1) is 45.7. The summed E-state index contributed by atoms with van der Waals surface area (Å²) >= 11 is 0. The van der Waals surface area contributed by atoms with Crippen LogP contribution in [0.2, 0.25) is 0 Å². The third-order valence-electron chi connectivity index (χ3n) is 15.3. The number of nitrogens with zero attached hydrogens (tertiary/aromatic N) is 3. The van der Waals surface area contributed by atoms with Crippen LogP contribution in [0.1, 0.15) is 123 Å². The first-order chi connectivity index (χ1) is 33.2. The quantitative estimate of drug-likeness (QED) is 0.159. The zero-order valence-electron chi connectivity index (χ0n) is 43.5. The van der Waals surface area contributed by atoms with Crippen molar-refractivity contribution in [2.45, 2.75) is 118 Å². The average molecular weight is 914 g/mol. The molecule has 70 heavy (non-hydrogen) atoms. The second-order valence-electron chi connectivity index (χ2n) is 24.3. The molecule has 350 valence electrons. The van der Waals surface area contributed by atoms with E-state index in [0.717, 1.165) is 41.3 Å². The molecule has 0 amide bonds. The Bertz CT molecular complexity index is 3220. The standard InChI is InChI=1S/C66H68BN3/c1-63(2,3)47-23-31-51(32-24-47)69-58-35-27-49(65(7,8)9)39-56(58)67-57-40-50(66(10,11)12)28-36-59(57)70(52-33-25-48(26-34-52)64(4,5)6)61-42-55(41-60(69)62(61)67)68(53-29-21-43-17-13-15-19-45(43)37-53)54-30-22-44-18-14-16-20-46(44)38-54/h13,15-17,19-42H,14,18H2,1-12H3. The van der Waals surface area contributed by atoms with Crippen molar-refractivity contribution in [3.8, 4) is 0 Å². The fourth-order valence-corrected chi connectivity index (χ4v) is 11.1. The molecule has 4 heteroatoms. The van der Waals surface area contributed by atoms with E-state index < -0.39 is 0 Å². The van der Waals surface area contributed by atoms with Gasteiger partial charge in [0.25, 0.3) is 6.71 Å². The van der Waals surface area contributed by atoms with E-state index in [1.807, 2.05) is 0 Å². The normalized spacial score (nSPS) is 14.3. The fourth-order valence-electron chi connectivity index (χ4n) is 11.1. The Hall–Kier alpha value is -6.78. The largest absolute Gasteiger partial charge is 0.311 e. The van der Waals surface area contributed by atoms with Crippen LogP contribution >= 0.6 is 0 Å². The van der Waals surface area contributed by atoms with Gasteiger partial charge in [-0.2, -0.15) is 0 Å². The fraction of sp³-hybridized carbons (Fsp3) is 0.273. The van der Waals surface area contributed by atoms with Gasteiger partial charge in [-0.1, -0.05) is 180 Å². The van der Waals surface area contributed by atoms with Gasteiger partial charge in [-0.3, -0.25) is 0 Å². The summed E-state index contributed by atoms with van der Waals surface area (Å²) in [5.41, 5.74) is 22.5. The van der Waals surface area contributed by atoms with Crippen LogP contribution in [0.15, 0.2) is 164 Å². The number of allylic oxidation sites excluding steroid dienone is 1. The van der Waals surface area contributed by atoms with E-state index in [1.165, 1.54) is 83.3 Å². The van der Waals surface area contributed by atoms with Crippen molar-refractivity contribution in [1.82, 2.24) is 0 Å². The van der Waals surface area contributed by atoms with E-state index in [-0.39, 0.29) is 28.4 Å². The lowest BCUT2D eigenvalue weighted by Crippen LogP contribution is -2.61. The highest BCUT2D eigenvalue weighted by Crippen LogP contribution is 2.49. The van der Waals surface area contributed by atoms with Crippen LogP contribution in [-0.4, -0.2) is 6.71 Å². The molecule has 8 aromatic rings. The molecule has 3 aliphatic rings. The molecule has 0 N–H and O–H groups in total. The summed E-state index contributed by atoms with van der Waals surface area (Å²) in [5, 5.41) is 2.45. The topological polar surface area (TPSA) is 9.72 Å². The van der Waals surface area contributed by atoms with Crippen molar-refractivity contribution in [2.75, 3.05) is 14.7 Å². The van der Waals surface area contributed by atoms with Gasteiger partial charge in [0.05, 0.1) is 5.69 Å². The number of fused-ring (bicyclic) bond motifs is 6. The number of benzene rings is 8. The minimum atomic E-state index is -0.0445. The molecule has 0 saturated carbocycles. The molecule has 0 unspecified atom stereocenters. The summed E-state index contributed by atoms with van der Waals surface area (Å²) in [6.45, 7) is 27.9. The summed E-state index contributed by atoms with van der Waals surface area (Å²) in [6.07, 6.45) is 6.78. The Morgan fingerprint density at radius 2 is 0.886 bits per heavy atom. The monoisotopic (exact) mass is 914 g/mol. The molecule has 3 nitrogen and oxygen atoms in total. The molecular weight excluding hydrogens is 846 g/mol. The maximum absolute atomic E-state index is 2.58. The van der Waals surface area contributed by atoms with Crippen molar-refractivity contribution in [2.24, 2.45) is 0 Å². The number of rotatable bonds is 5. The molecule has 0 saturated heterocycles. The molecule has 2 aliphatic heterocycles. The number of aryl methyl sites for hydroxylation is 1. The van der Waals surface area contributed by atoms with Gasteiger partial charge in [0, 0.05) is 45.5 Å². The van der Waals surface area contributed by atoms with Gasteiger partial charge in [0.15, 0.2) is 0 Å². The van der Waals surface area contributed by atoms with Crippen LogP contribution in [0, 0.1) is 0 Å². The first-order valence-corrected chi connectivity index (χ1v) is 25.6. The van der Waals surface area contributed by atoms with Crippen molar-refractivity contribution in [3.05, 3.63) is 197 Å². The summed E-state index contributed by atoms with van der Waals surface area (Å²) in [6, 6.07) is 61.3. The summed E-state index contributed by atoms with van der Waals surface area (Å²) in [4.78, 5) is 7.68. The van der Waals surface area contributed by atoms with Gasteiger partial charge in [-0.05, 0) is 168 Å². The highest BCUT2D eigenvalue weighted by molar-refractivity contribution is 7.00. The van der Waals surface area contributed by atoms with Gasteiger partial charge in [-0.15, -0.1) is 0 Å². The molecule has 1 aliphatic carbocycles. The molecule has 0 spiro atoms. The lowest BCUT2D eigenvalue weighted by molar-refractivity contribution is 0.590. The van der Waals surface area contributed by atoms with Crippen LogP contribution < -0.4 is 31.1 Å². The Balaban J connectivity index is 1.27. The van der Waals surface area contributed by atoms with E-state index in [1.54, 1.807) is 0 Å². The first-order valence-electron chi connectivity index (χ1n) is 25.6. The third-order valence-corrected chi connectivity index (χ3v) is 15.3.